The number of hydrogen-bond donors (Lipinski definition) is 2. The lowest BCUT2D eigenvalue weighted by Crippen LogP contribution is -2.37. The molecule has 26 heavy (non-hydrogen) atoms. The molecular weight excluding hydrogens is 326 g/mol. The van der Waals surface area contributed by atoms with E-state index >= 15 is 0 Å². The predicted octanol–water partition coefficient (Wildman–Crippen LogP) is 2.49. The maximum Gasteiger partial charge on any atom is 0.241 e. The molecule has 5 heteroatoms. The Morgan fingerprint density at radius 2 is 1.92 bits per heavy atom. The number of fused-ring (bicyclic) bond motifs is 1. The molecule has 4 rings (SSSR count). The highest BCUT2D eigenvalue weighted by Gasteiger charge is 2.36. The maximum absolute atomic E-state index is 12.4. The van der Waals surface area contributed by atoms with Crippen LogP contribution in [0.15, 0.2) is 48.5 Å². The predicted molar refractivity (Wildman–Crippen MR) is 102 cm³/mol. The molecule has 1 aliphatic carbocycles. The van der Waals surface area contributed by atoms with Crippen molar-refractivity contribution in [3.8, 4) is 0 Å². The molecule has 2 aliphatic rings. The van der Waals surface area contributed by atoms with Crippen LogP contribution in [0, 0.1) is 5.92 Å². The molecule has 1 heterocycles. The second-order valence-electron chi connectivity index (χ2n) is 7.14. The van der Waals surface area contributed by atoms with Gasteiger partial charge in [0.05, 0.1) is 6.04 Å². The van der Waals surface area contributed by atoms with Crippen molar-refractivity contribution in [2.24, 2.45) is 11.7 Å². The Morgan fingerprint density at radius 3 is 2.65 bits per heavy atom. The van der Waals surface area contributed by atoms with Crippen LogP contribution in [-0.2, 0) is 22.4 Å². The van der Waals surface area contributed by atoms with Crippen LogP contribution in [0.1, 0.15) is 24.0 Å². The minimum Gasteiger partial charge on any atom is -0.325 e. The Hall–Kier alpha value is -2.66. The first-order valence-electron chi connectivity index (χ1n) is 9.16. The first-order chi connectivity index (χ1) is 12.6. The lowest BCUT2D eigenvalue weighted by molar-refractivity contribution is -0.119. The molecule has 0 bridgehead atoms. The first-order valence-corrected chi connectivity index (χ1v) is 9.16. The van der Waals surface area contributed by atoms with Crippen molar-refractivity contribution in [3.05, 3.63) is 59.7 Å². The summed E-state index contributed by atoms with van der Waals surface area (Å²) in [5.74, 6) is 0.193. The number of nitrogens with zero attached hydrogens (tertiary/aromatic N) is 1. The summed E-state index contributed by atoms with van der Waals surface area (Å²) in [6, 6.07) is 14.9. The molecule has 2 aromatic carbocycles. The zero-order valence-corrected chi connectivity index (χ0v) is 14.7. The summed E-state index contributed by atoms with van der Waals surface area (Å²) in [7, 11) is 0. The van der Waals surface area contributed by atoms with Gasteiger partial charge in [-0.05, 0) is 48.9 Å². The topological polar surface area (TPSA) is 75.4 Å². The molecule has 5 nitrogen and oxygen atoms in total. The van der Waals surface area contributed by atoms with Crippen molar-refractivity contribution in [1.82, 2.24) is 0 Å². The van der Waals surface area contributed by atoms with Gasteiger partial charge in [-0.3, -0.25) is 9.59 Å². The summed E-state index contributed by atoms with van der Waals surface area (Å²) in [5, 5.41) is 2.89. The zero-order chi connectivity index (χ0) is 18.1. The number of anilines is 2. The van der Waals surface area contributed by atoms with Gasteiger partial charge in [0.25, 0.3) is 0 Å². The van der Waals surface area contributed by atoms with E-state index in [2.05, 4.69) is 5.32 Å². The number of nitrogens with one attached hydrogen (secondary N) is 1. The monoisotopic (exact) mass is 349 g/mol. The number of carbonyl (C=O) groups is 2. The van der Waals surface area contributed by atoms with Gasteiger partial charge in [-0.1, -0.05) is 36.4 Å². The van der Waals surface area contributed by atoms with E-state index < -0.39 is 6.04 Å². The number of benzene rings is 2. The molecule has 1 saturated carbocycles. The molecule has 0 aromatic heterocycles. The van der Waals surface area contributed by atoms with Gasteiger partial charge in [0, 0.05) is 23.8 Å². The summed E-state index contributed by atoms with van der Waals surface area (Å²) >= 11 is 0. The smallest absolute Gasteiger partial charge is 0.241 e. The Balaban J connectivity index is 1.44. The van der Waals surface area contributed by atoms with Gasteiger partial charge >= 0.3 is 0 Å². The standard InChI is InChI=1S/C21H23N3O2/c22-18(12-14-4-2-1-3-5-14)20(25)23-17-9-8-15-10-11-24(19(15)13-17)21(26)16-6-7-16/h1-5,8-9,13,16,18H,6-7,10-12,22H2,(H,23,25)/t18-/m0/s1. The molecule has 1 aliphatic heterocycles. The van der Waals surface area contributed by atoms with Crippen molar-refractivity contribution in [1.29, 1.82) is 0 Å². The molecule has 0 radical (unpaired) electrons. The van der Waals surface area contributed by atoms with Gasteiger partial charge in [-0.25, -0.2) is 0 Å². The summed E-state index contributed by atoms with van der Waals surface area (Å²) in [5.41, 5.74) is 9.86. The van der Waals surface area contributed by atoms with Crippen LogP contribution in [0.5, 0.6) is 0 Å². The highest BCUT2D eigenvalue weighted by atomic mass is 16.2. The average Bonchev–Trinajstić information content (AvgIpc) is 3.42. The highest BCUT2D eigenvalue weighted by Crippen LogP contribution is 2.37. The van der Waals surface area contributed by atoms with E-state index in [9.17, 15) is 9.59 Å². The van der Waals surface area contributed by atoms with E-state index in [4.69, 9.17) is 5.73 Å². The van der Waals surface area contributed by atoms with E-state index in [1.54, 1.807) is 0 Å². The van der Waals surface area contributed by atoms with E-state index in [-0.39, 0.29) is 17.7 Å². The second-order valence-corrected chi connectivity index (χ2v) is 7.14. The van der Waals surface area contributed by atoms with Gasteiger partial charge < -0.3 is 16.0 Å². The van der Waals surface area contributed by atoms with Gasteiger partial charge in [-0.15, -0.1) is 0 Å². The number of rotatable bonds is 5. The van der Waals surface area contributed by atoms with Gasteiger partial charge in [0.2, 0.25) is 11.8 Å². The molecule has 0 spiro atoms. The molecule has 134 valence electrons. The van der Waals surface area contributed by atoms with Crippen molar-refractivity contribution in [2.75, 3.05) is 16.8 Å². The summed E-state index contributed by atoms with van der Waals surface area (Å²) < 4.78 is 0. The van der Waals surface area contributed by atoms with E-state index in [0.29, 0.717) is 12.1 Å². The summed E-state index contributed by atoms with van der Waals surface area (Å²) in [6.07, 6.45) is 3.35. The number of nitrogens with two attached hydrogens (primary N) is 1. The minimum atomic E-state index is -0.616. The van der Waals surface area contributed by atoms with Gasteiger partial charge in [0.15, 0.2) is 0 Å². The van der Waals surface area contributed by atoms with Crippen molar-refractivity contribution < 1.29 is 9.59 Å². The Bertz CT molecular complexity index is 830. The lowest BCUT2D eigenvalue weighted by Gasteiger charge is -2.18. The van der Waals surface area contributed by atoms with Crippen molar-refractivity contribution >= 4 is 23.2 Å². The third kappa shape index (κ3) is 3.48. The lowest BCUT2D eigenvalue weighted by atomic mass is 10.1. The highest BCUT2D eigenvalue weighted by molar-refractivity contribution is 6.00. The summed E-state index contributed by atoms with van der Waals surface area (Å²) in [6.45, 7) is 0.732. The zero-order valence-electron chi connectivity index (χ0n) is 14.7. The fourth-order valence-electron chi connectivity index (χ4n) is 3.43. The third-order valence-corrected chi connectivity index (χ3v) is 5.08. The fourth-order valence-corrected chi connectivity index (χ4v) is 3.43. The molecule has 2 amide bonds. The molecular formula is C21H23N3O2. The molecule has 3 N–H and O–H groups in total. The summed E-state index contributed by atoms with van der Waals surface area (Å²) in [4.78, 5) is 26.7. The Kier molecular flexibility index (Phi) is 4.47. The Labute approximate surface area is 153 Å². The molecule has 0 unspecified atom stereocenters. The van der Waals surface area contributed by atoms with E-state index in [1.807, 2.05) is 53.4 Å². The van der Waals surface area contributed by atoms with Crippen molar-refractivity contribution in [2.45, 2.75) is 31.7 Å². The van der Waals surface area contributed by atoms with Crippen LogP contribution in [0.25, 0.3) is 0 Å². The maximum atomic E-state index is 12.4. The van der Waals surface area contributed by atoms with Crippen LogP contribution >= 0.6 is 0 Å². The number of amides is 2. The van der Waals surface area contributed by atoms with Crippen LogP contribution in [-0.4, -0.2) is 24.4 Å². The minimum absolute atomic E-state index is 0.193. The van der Waals surface area contributed by atoms with Gasteiger partial charge in [-0.2, -0.15) is 0 Å². The second kappa shape index (κ2) is 6.92. The van der Waals surface area contributed by atoms with Gasteiger partial charge in [0.1, 0.15) is 0 Å². The Morgan fingerprint density at radius 1 is 1.15 bits per heavy atom. The molecule has 1 atom stereocenters. The fraction of sp³-hybridized carbons (Fsp3) is 0.333. The normalized spacial score (nSPS) is 16.9. The largest absolute Gasteiger partial charge is 0.325 e. The van der Waals surface area contributed by atoms with Crippen LogP contribution in [0.3, 0.4) is 0 Å². The molecule has 1 fully saturated rings. The van der Waals surface area contributed by atoms with E-state index in [1.165, 1.54) is 0 Å². The van der Waals surface area contributed by atoms with Crippen LogP contribution in [0.4, 0.5) is 11.4 Å². The van der Waals surface area contributed by atoms with E-state index in [0.717, 1.165) is 42.6 Å². The van der Waals surface area contributed by atoms with Crippen molar-refractivity contribution in [3.63, 3.8) is 0 Å². The third-order valence-electron chi connectivity index (χ3n) is 5.08. The van der Waals surface area contributed by atoms with Crippen LogP contribution < -0.4 is 16.0 Å². The molecule has 0 saturated heterocycles. The SMILES string of the molecule is N[C@@H](Cc1ccccc1)C(=O)Nc1ccc2c(c1)N(C(=O)C1CC1)CC2. The average molecular weight is 349 g/mol. The van der Waals surface area contributed by atoms with Crippen LogP contribution in [0.2, 0.25) is 0 Å². The molecule has 2 aromatic rings. The number of carbonyl (C=O) groups excluding carboxylic acids is 2. The quantitative estimate of drug-likeness (QED) is 0.871. The number of hydrogen-bond acceptors (Lipinski definition) is 3. The first kappa shape index (κ1) is 16.8.